The number of rotatable bonds is 4. The number of nitrogens with zero attached hydrogens (tertiary/aromatic N) is 1. The zero-order chi connectivity index (χ0) is 12.0. The van der Waals surface area contributed by atoms with Crippen molar-refractivity contribution in [2.24, 2.45) is 0 Å². The fraction of sp³-hybridized carbons (Fsp3) is 0.333. The zero-order valence-electron chi connectivity index (χ0n) is 9.00. The van der Waals surface area contributed by atoms with Crippen molar-refractivity contribution in [3.8, 4) is 6.07 Å². The molecule has 0 spiro atoms. The summed E-state index contributed by atoms with van der Waals surface area (Å²) in [6, 6.07) is 7.83. The van der Waals surface area contributed by atoms with Crippen LogP contribution in [0.4, 0.5) is 0 Å². The highest BCUT2D eigenvalue weighted by atomic mass is 79.9. The van der Waals surface area contributed by atoms with E-state index in [4.69, 9.17) is 5.26 Å². The lowest BCUT2D eigenvalue weighted by Gasteiger charge is -2.07. The van der Waals surface area contributed by atoms with Gasteiger partial charge in [-0.3, -0.25) is 4.79 Å². The first-order valence-electron chi connectivity index (χ1n) is 4.88. The quantitative estimate of drug-likeness (QED) is 0.798. The van der Waals surface area contributed by atoms with E-state index in [0.29, 0.717) is 12.8 Å². The third-order valence-electron chi connectivity index (χ3n) is 2.24. The summed E-state index contributed by atoms with van der Waals surface area (Å²) >= 11 is 3.36. The summed E-state index contributed by atoms with van der Waals surface area (Å²) in [5.41, 5.74) is 1.94. The van der Waals surface area contributed by atoms with E-state index in [-0.39, 0.29) is 12.4 Å². The van der Waals surface area contributed by atoms with E-state index in [9.17, 15) is 4.79 Å². The lowest BCUT2D eigenvalue weighted by Crippen LogP contribution is -2.07. The average Bonchev–Trinajstić information content (AvgIpc) is 2.28. The molecule has 3 nitrogen and oxygen atoms in total. The van der Waals surface area contributed by atoms with Crippen LogP contribution in [-0.2, 0) is 22.4 Å². The van der Waals surface area contributed by atoms with Gasteiger partial charge in [-0.1, -0.05) is 22.0 Å². The Morgan fingerprint density at radius 2 is 2.25 bits per heavy atom. The Labute approximate surface area is 103 Å². The summed E-state index contributed by atoms with van der Waals surface area (Å²) in [5, 5.41) is 8.55. The molecule has 0 aliphatic rings. The van der Waals surface area contributed by atoms with E-state index in [1.165, 1.54) is 7.11 Å². The molecule has 84 valence electrons. The second kappa shape index (κ2) is 6.29. The predicted molar refractivity (Wildman–Crippen MR) is 63.8 cm³/mol. The molecule has 4 heteroatoms. The topological polar surface area (TPSA) is 50.1 Å². The molecule has 0 aliphatic heterocycles. The molecule has 0 aromatic heterocycles. The molecule has 0 saturated heterocycles. The SMILES string of the molecule is COC(=O)Cc1cc(Br)ccc1CCC#N. The molecule has 0 amide bonds. The van der Waals surface area contributed by atoms with Crippen molar-refractivity contribution in [2.75, 3.05) is 7.11 Å². The number of esters is 1. The number of hydrogen-bond donors (Lipinski definition) is 0. The first kappa shape index (κ1) is 12.7. The number of aryl methyl sites for hydroxylation is 1. The molecule has 0 unspecified atom stereocenters. The summed E-state index contributed by atoms with van der Waals surface area (Å²) in [5.74, 6) is -0.267. The fourth-order valence-electron chi connectivity index (χ4n) is 1.42. The predicted octanol–water partition coefficient (Wildman–Crippen LogP) is 2.62. The lowest BCUT2D eigenvalue weighted by molar-refractivity contribution is -0.139. The molecule has 0 saturated carbocycles. The van der Waals surface area contributed by atoms with Crippen LogP contribution in [0.2, 0.25) is 0 Å². The van der Waals surface area contributed by atoms with E-state index in [1.54, 1.807) is 0 Å². The first-order valence-corrected chi connectivity index (χ1v) is 5.67. The number of halogens is 1. The van der Waals surface area contributed by atoms with E-state index < -0.39 is 0 Å². The third-order valence-corrected chi connectivity index (χ3v) is 2.73. The van der Waals surface area contributed by atoms with Crippen molar-refractivity contribution in [3.63, 3.8) is 0 Å². The molecule has 16 heavy (non-hydrogen) atoms. The number of carbonyl (C=O) groups is 1. The van der Waals surface area contributed by atoms with Gasteiger partial charge in [-0.2, -0.15) is 5.26 Å². The van der Waals surface area contributed by atoms with Gasteiger partial charge in [-0.15, -0.1) is 0 Å². The van der Waals surface area contributed by atoms with Gasteiger partial charge in [0, 0.05) is 10.9 Å². The Kier molecular flexibility index (Phi) is 5.00. The molecule has 0 fully saturated rings. The summed E-state index contributed by atoms with van der Waals surface area (Å²) in [6.07, 6.45) is 1.36. The summed E-state index contributed by atoms with van der Waals surface area (Å²) in [6.45, 7) is 0. The van der Waals surface area contributed by atoms with Crippen LogP contribution in [-0.4, -0.2) is 13.1 Å². The average molecular weight is 282 g/mol. The highest BCUT2D eigenvalue weighted by Crippen LogP contribution is 2.19. The van der Waals surface area contributed by atoms with Gasteiger partial charge < -0.3 is 4.74 Å². The smallest absolute Gasteiger partial charge is 0.309 e. The van der Waals surface area contributed by atoms with Crippen molar-refractivity contribution < 1.29 is 9.53 Å². The molecule has 0 radical (unpaired) electrons. The maximum Gasteiger partial charge on any atom is 0.309 e. The summed E-state index contributed by atoms with van der Waals surface area (Å²) in [4.78, 5) is 11.2. The van der Waals surface area contributed by atoms with E-state index in [0.717, 1.165) is 15.6 Å². The molecule has 1 aromatic rings. The maximum absolute atomic E-state index is 11.2. The van der Waals surface area contributed by atoms with E-state index >= 15 is 0 Å². The van der Waals surface area contributed by atoms with Gasteiger partial charge in [-0.25, -0.2) is 0 Å². The number of hydrogen-bond acceptors (Lipinski definition) is 3. The molecule has 0 bridgehead atoms. The van der Waals surface area contributed by atoms with E-state index in [1.807, 2.05) is 18.2 Å². The molecule has 0 atom stereocenters. The largest absolute Gasteiger partial charge is 0.469 e. The monoisotopic (exact) mass is 281 g/mol. The molecular weight excluding hydrogens is 270 g/mol. The Balaban J connectivity index is 2.90. The summed E-state index contributed by atoms with van der Waals surface area (Å²) < 4.78 is 5.56. The van der Waals surface area contributed by atoms with Gasteiger partial charge in [0.15, 0.2) is 0 Å². The highest BCUT2D eigenvalue weighted by molar-refractivity contribution is 9.10. The Hall–Kier alpha value is -1.34. The van der Waals surface area contributed by atoms with Crippen LogP contribution < -0.4 is 0 Å². The Bertz CT molecular complexity index is 424. The van der Waals surface area contributed by atoms with Gasteiger partial charge in [0.25, 0.3) is 0 Å². The minimum absolute atomic E-state index is 0.247. The summed E-state index contributed by atoms with van der Waals surface area (Å²) in [7, 11) is 1.37. The van der Waals surface area contributed by atoms with Crippen LogP contribution in [0.1, 0.15) is 17.5 Å². The third kappa shape index (κ3) is 3.67. The van der Waals surface area contributed by atoms with Crippen LogP contribution in [0.15, 0.2) is 22.7 Å². The van der Waals surface area contributed by atoms with Gasteiger partial charge >= 0.3 is 5.97 Å². The van der Waals surface area contributed by atoms with Gasteiger partial charge in [-0.05, 0) is 29.7 Å². The highest BCUT2D eigenvalue weighted by Gasteiger charge is 2.08. The number of carbonyl (C=O) groups excluding carboxylic acids is 1. The maximum atomic E-state index is 11.2. The lowest BCUT2D eigenvalue weighted by atomic mass is 10.0. The van der Waals surface area contributed by atoms with Crippen molar-refractivity contribution in [1.29, 1.82) is 5.26 Å². The first-order chi connectivity index (χ1) is 7.67. The molecular formula is C12H12BrNO2. The second-order valence-electron chi connectivity index (χ2n) is 3.32. The van der Waals surface area contributed by atoms with Crippen LogP contribution in [0, 0.1) is 11.3 Å². The van der Waals surface area contributed by atoms with Gasteiger partial charge in [0.05, 0.1) is 19.6 Å². The minimum atomic E-state index is -0.267. The van der Waals surface area contributed by atoms with Gasteiger partial charge in [0.2, 0.25) is 0 Å². The fourth-order valence-corrected chi connectivity index (χ4v) is 1.83. The van der Waals surface area contributed by atoms with Crippen LogP contribution in [0.3, 0.4) is 0 Å². The van der Waals surface area contributed by atoms with Crippen LogP contribution >= 0.6 is 15.9 Å². The standard InChI is InChI=1S/C12H12BrNO2/c1-16-12(15)8-10-7-11(13)5-4-9(10)3-2-6-14/h4-5,7H,2-3,8H2,1H3. The minimum Gasteiger partial charge on any atom is -0.469 e. The number of benzene rings is 1. The van der Waals surface area contributed by atoms with Gasteiger partial charge in [0.1, 0.15) is 0 Å². The van der Waals surface area contributed by atoms with Crippen LogP contribution in [0.25, 0.3) is 0 Å². The molecule has 1 aromatic carbocycles. The molecule has 0 aliphatic carbocycles. The van der Waals surface area contributed by atoms with Crippen molar-refractivity contribution in [1.82, 2.24) is 0 Å². The number of methoxy groups -OCH3 is 1. The normalized spacial score (nSPS) is 9.56. The number of nitriles is 1. The van der Waals surface area contributed by atoms with Crippen molar-refractivity contribution in [3.05, 3.63) is 33.8 Å². The zero-order valence-corrected chi connectivity index (χ0v) is 10.6. The van der Waals surface area contributed by atoms with Crippen LogP contribution in [0.5, 0.6) is 0 Å². The molecule has 0 N–H and O–H groups in total. The van der Waals surface area contributed by atoms with E-state index in [2.05, 4.69) is 26.7 Å². The number of ether oxygens (including phenoxy) is 1. The van der Waals surface area contributed by atoms with Crippen molar-refractivity contribution >= 4 is 21.9 Å². The Morgan fingerprint density at radius 3 is 2.88 bits per heavy atom. The molecule has 1 rings (SSSR count). The van der Waals surface area contributed by atoms with Crippen molar-refractivity contribution in [2.45, 2.75) is 19.3 Å². The molecule has 0 heterocycles. The second-order valence-corrected chi connectivity index (χ2v) is 4.24. The Morgan fingerprint density at radius 1 is 1.50 bits per heavy atom.